The molecule has 1 aliphatic rings. The molecule has 0 unspecified atom stereocenters. The van der Waals surface area contributed by atoms with Crippen LogP contribution < -0.4 is 10.6 Å². The third-order valence-corrected chi connectivity index (χ3v) is 7.54. The van der Waals surface area contributed by atoms with E-state index in [4.69, 9.17) is 0 Å². The number of benzene rings is 1. The number of sulfonamides is 1. The summed E-state index contributed by atoms with van der Waals surface area (Å²) in [6.45, 7) is 3.44. The van der Waals surface area contributed by atoms with Crippen molar-refractivity contribution in [3.63, 3.8) is 0 Å². The molecule has 156 valence electrons. The van der Waals surface area contributed by atoms with Crippen LogP contribution in [-0.4, -0.2) is 44.2 Å². The maximum Gasteiger partial charge on any atom is 0.252 e. The zero-order valence-corrected chi connectivity index (χ0v) is 17.9. The summed E-state index contributed by atoms with van der Waals surface area (Å²) in [5.41, 5.74) is 1.10. The lowest BCUT2D eigenvalue weighted by Gasteiger charge is -2.29. The Labute approximate surface area is 175 Å². The number of rotatable bonds is 7. The van der Waals surface area contributed by atoms with E-state index in [2.05, 4.69) is 17.6 Å². The van der Waals surface area contributed by atoms with Crippen molar-refractivity contribution in [2.75, 3.05) is 25.0 Å². The molecule has 0 aliphatic carbocycles. The molecule has 0 radical (unpaired) electrons. The number of carbonyl (C=O) groups is 2. The smallest absolute Gasteiger partial charge is 0.252 e. The van der Waals surface area contributed by atoms with Gasteiger partial charge in [0.1, 0.15) is 0 Å². The number of anilines is 1. The summed E-state index contributed by atoms with van der Waals surface area (Å²) in [6.07, 6.45) is 1.87. The molecule has 29 heavy (non-hydrogen) atoms. The lowest BCUT2D eigenvalue weighted by Crippen LogP contribution is -2.37. The fourth-order valence-corrected chi connectivity index (χ4v) is 5.20. The lowest BCUT2D eigenvalue weighted by atomic mass is 10.0. The first-order valence-corrected chi connectivity index (χ1v) is 11.9. The van der Waals surface area contributed by atoms with E-state index >= 15 is 0 Å². The Morgan fingerprint density at radius 3 is 2.45 bits per heavy atom. The van der Waals surface area contributed by atoms with Gasteiger partial charge in [-0.3, -0.25) is 9.59 Å². The van der Waals surface area contributed by atoms with E-state index < -0.39 is 10.0 Å². The van der Waals surface area contributed by atoms with Crippen LogP contribution in [0, 0.1) is 5.92 Å². The molecule has 0 saturated carbocycles. The van der Waals surface area contributed by atoms with Gasteiger partial charge in [-0.2, -0.15) is 15.6 Å². The first-order chi connectivity index (χ1) is 13.9. The van der Waals surface area contributed by atoms with Crippen LogP contribution in [0.25, 0.3) is 0 Å². The van der Waals surface area contributed by atoms with Gasteiger partial charge in [0.2, 0.25) is 15.9 Å². The van der Waals surface area contributed by atoms with Crippen molar-refractivity contribution in [2.45, 2.75) is 31.1 Å². The Morgan fingerprint density at radius 1 is 1.14 bits per heavy atom. The molecule has 3 rings (SSSR count). The average Bonchev–Trinajstić information content (AvgIpc) is 3.24. The number of nitrogens with one attached hydrogen (secondary N) is 2. The van der Waals surface area contributed by atoms with Crippen molar-refractivity contribution in [2.24, 2.45) is 5.92 Å². The zero-order chi connectivity index (χ0) is 20.9. The third kappa shape index (κ3) is 5.65. The molecule has 2 heterocycles. The molecule has 2 aromatic rings. The van der Waals surface area contributed by atoms with E-state index in [1.54, 1.807) is 23.6 Å². The van der Waals surface area contributed by atoms with Crippen LogP contribution in [0.5, 0.6) is 0 Å². The van der Waals surface area contributed by atoms with Gasteiger partial charge < -0.3 is 10.6 Å². The fourth-order valence-electron chi connectivity index (χ4n) is 3.09. The van der Waals surface area contributed by atoms with Crippen molar-refractivity contribution < 1.29 is 18.0 Å². The van der Waals surface area contributed by atoms with E-state index in [9.17, 15) is 18.0 Å². The molecule has 7 nitrogen and oxygen atoms in total. The highest BCUT2D eigenvalue weighted by Gasteiger charge is 2.27. The van der Waals surface area contributed by atoms with E-state index in [1.165, 1.54) is 27.8 Å². The second-order valence-electron chi connectivity index (χ2n) is 7.18. The van der Waals surface area contributed by atoms with Crippen LogP contribution in [0.2, 0.25) is 0 Å². The number of hydrogen-bond donors (Lipinski definition) is 2. The fraction of sp³-hybridized carbons (Fsp3) is 0.400. The van der Waals surface area contributed by atoms with E-state index in [0.717, 1.165) is 12.8 Å². The van der Waals surface area contributed by atoms with E-state index in [0.29, 0.717) is 30.3 Å². The minimum Gasteiger partial charge on any atom is -0.351 e. The van der Waals surface area contributed by atoms with Crippen LogP contribution in [0.4, 0.5) is 5.69 Å². The number of hydrogen-bond acceptors (Lipinski definition) is 5. The molecular weight excluding hydrogens is 410 g/mol. The van der Waals surface area contributed by atoms with Crippen molar-refractivity contribution >= 4 is 38.9 Å². The minimum atomic E-state index is -3.50. The summed E-state index contributed by atoms with van der Waals surface area (Å²) in [6, 6.07) is 7.92. The van der Waals surface area contributed by atoms with Gasteiger partial charge in [-0.05, 0) is 54.5 Å². The van der Waals surface area contributed by atoms with Crippen LogP contribution in [0.1, 0.15) is 36.5 Å². The quantitative estimate of drug-likeness (QED) is 0.699. The molecular formula is C20H25N3O4S2. The monoisotopic (exact) mass is 435 g/mol. The first kappa shape index (κ1) is 21.5. The Bertz CT molecular complexity index is 933. The van der Waals surface area contributed by atoms with E-state index in [1.807, 2.05) is 5.38 Å². The highest BCUT2D eigenvalue weighted by Crippen LogP contribution is 2.24. The second kappa shape index (κ2) is 9.51. The molecule has 2 N–H and O–H groups in total. The normalized spacial score (nSPS) is 15.8. The Morgan fingerprint density at radius 2 is 1.83 bits per heavy atom. The Hall–Kier alpha value is -2.23. The van der Waals surface area contributed by atoms with Crippen LogP contribution >= 0.6 is 11.3 Å². The topological polar surface area (TPSA) is 95.6 Å². The van der Waals surface area contributed by atoms with Gasteiger partial charge >= 0.3 is 0 Å². The minimum absolute atomic E-state index is 0.127. The van der Waals surface area contributed by atoms with Gasteiger partial charge in [0.15, 0.2) is 0 Å². The van der Waals surface area contributed by atoms with Crippen molar-refractivity contribution in [1.29, 1.82) is 0 Å². The molecule has 1 aromatic heterocycles. The molecule has 2 amide bonds. The van der Waals surface area contributed by atoms with Crippen LogP contribution in [0.3, 0.4) is 0 Å². The van der Waals surface area contributed by atoms with Crippen LogP contribution in [0.15, 0.2) is 46.0 Å². The van der Waals surface area contributed by atoms with Gasteiger partial charge in [-0.25, -0.2) is 8.42 Å². The number of amides is 2. The van der Waals surface area contributed by atoms with Crippen LogP contribution in [-0.2, 0) is 14.8 Å². The van der Waals surface area contributed by atoms with Gasteiger partial charge in [0.25, 0.3) is 5.91 Å². The maximum atomic E-state index is 12.7. The average molecular weight is 436 g/mol. The molecule has 1 saturated heterocycles. The van der Waals surface area contributed by atoms with Crippen molar-refractivity contribution in [3.8, 4) is 0 Å². The molecule has 1 fully saturated rings. The van der Waals surface area contributed by atoms with Crippen molar-refractivity contribution in [3.05, 3.63) is 46.7 Å². The summed E-state index contributed by atoms with van der Waals surface area (Å²) in [5, 5.41) is 8.97. The summed E-state index contributed by atoms with van der Waals surface area (Å²) in [4.78, 5) is 24.1. The standard InChI is InChI=1S/C20H25N3O4S2/c1-15-7-11-23(12-8-15)29(26,27)18-4-2-17(3-5-18)22-19(24)6-10-21-20(25)16-9-13-28-14-16/h2-5,9,13-15H,6-8,10-12H2,1H3,(H,21,25)(H,22,24). The first-order valence-electron chi connectivity index (χ1n) is 9.57. The highest BCUT2D eigenvalue weighted by atomic mass is 32.2. The molecule has 0 spiro atoms. The zero-order valence-electron chi connectivity index (χ0n) is 16.3. The summed E-state index contributed by atoms with van der Waals surface area (Å²) >= 11 is 1.44. The number of nitrogens with zero attached hydrogens (tertiary/aromatic N) is 1. The number of thiophene rings is 1. The summed E-state index contributed by atoms with van der Waals surface area (Å²) < 4.78 is 27.0. The molecule has 1 aromatic carbocycles. The lowest BCUT2D eigenvalue weighted by molar-refractivity contribution is -0.116. The van der Waals surface area contributed by atoms with Crippen molar-refractivity contribution in [1.82, 2.24) is 9.62 Å². The molecule has 0 bridgehead atoms. The van der Waals surface area contributed by atoms with Gasteiger partial charge in [-0.1, -0.05) is 6.92 Å². The molecule has 0 atom stereocenters. The number of carbonyl (C=O) groups excluding carboxylic acids is 2. The predicted molar refractivity (Wildman–Crippen MR) is 113 cm³/mol. The maximum absolute atomic E-state index is 12.7. The molecule has 9 heteroatoms. The highest BCUT2D eigenvalue weighted by molar-refractivity contribution is 7.89. The van der Waals surface area contributed by atoms with Gasteiger partial charge in [-0.15, -0.1) is 0 Å². The SMILES string of the molecule is CC1CCN(S(=O)(=O)c2ccc(NC(=O)CCNC(=O)c3ccsc3)cc2)CC1. The van der Waals surface area contributed by atoms with E-state index in [-0.39, 0.29) is 29.7 Å². The molecule has 1 aliphatic heterocycles. The Kier molecular flexibility index (Phi) is 7.05. The summed E-state index contributed by atoms with van der Waals surface area (Å²) in [5.74, 6) is 0.0889. The largest absolute Gasteiger partial charge is 0.351 e. The summed E-state index contributed by atoms with van der Waals surface area (Å²) in [7, 11) is -3.50. The Balaban J connectivity index is 1.49. The number of piperidine rings is 1. The third-order valence-electron chi connectivity index (χ3n) is 4.94. The van der Waals surface area contributed by atoms with Gasteiger partial charge in [0, 0.05) is 42.7 Å². The predicted octanol–water partition coefficient (Wildman–Crippen LogP) is 2.93. The second-order valence-corrected chi connectivity index (χ2v) is 9.90. The van der Waals surface area contributed by atoms with Gasteiger partial charge in [0.05, 0.1) is 4.90 Å².